The lowest BCUT2D eigenvalue weighted by Crippen LogP contribution is -2.33. The van der Waals surface area contributed by atoms with E-state index < -0.39 is 17.8 Å². The van der Waals surface area contributed by atoms with E-state index in [1.54, 1.807) is 31.2 Å². The van der Waals surface area contributed by atoms with Gasteiger partial charge in [-0.1, -0.05) is 23.7 Å². The first-order chi connectivity index (χ1) is 12.0. The van der Waals surface area contributed by atoms with Crippen LogP contribution in [0.1, 0.15) is 24.2 Å². The van der Waals surface area contributed by atoms with Crippen LogP contribution in [0.25, 0.3) is 0 Å². The maximum atomic E-state index is 14.1. The fourth-order valence-corrected chi connectivity index (χ4v) is 2.74. The number of amidine groups is 1. The molecule has 5 nitrogen and oxygen atoms in total. The quantitative estimate of drug-likeness (QED) is 0.853. The number of nitrogens with one attached hydrogen (secondary N) is 1. The van der Waals surface area contributed by atoms with Crippen LogP contribution in [0.2, 0.25) is 5.02 Å². The van der Waals surface area contributed by atoms with Crippen LogP contribution in [0.3, 0.4) is 0 Å². The lowest BCUT2D eigenvalue weighted by Gasteiger charge is -2.25. The summed E-state index contributed by atoms with van der Waals surface area (Å²) in [6.07, 6.45) is 1.48. The number of carbonyl (C=O) groups excluding carboxylic acids is 1. The van der Waals surface area contributed by atoms with Crippen molar-refractivity contribution in [3.8, 4) is 0 Å². The summed E-state index contributed by atoms with van der Waals surface area (Å²) in [6, 6.07) is 9.11. The van der Waals surface area contributed by atoms with Crippen molar-refractivity contribution in [3.63, 3.8) is 0 Å². The van der Waals surface area contributed by atoms with Gasteiger partial charge in [-0.2, -0.15) is 0 Å². The number of allylic oxidation sites excluding steroid dienone is 1. The van der Waals surface area contributed by atoms with E-state index in [1.165, 1.54) is 25.4 Å². The summed E-state index contributed by atoms with van der Waals surface area (Å²) in [5.74, 6) is -0.754. The summed E-state index contributed by atoms with van der Waals surface area (Å²) in [7, 11) is 1.30. The zero-order chi connectivity index (χ0) is 18.0. The topological polar surface area (TPSA) is 63.6 Å². The molecule has 1 aliphatic heterocycles. The maximum Gasteiger partial charge on any atom is 0.338 e. The molecule has 3 rings (SSSR count). The van der Waals surface area contributed by atoms with Crippen LogP contribution in [-0.4, -0.2) is 23.9 Å². The number of halogens is 2. The molecule has 2 aromatic rings. The van der Waals surface area contributed by atoms with Gasteiger partial charge in [0.05, 0.1) is 12.7 Å². The molecule has 7 heteroatoms. The van der Waals surface area contributed by atoms with Crippen molar-refractivity contribution in [2.75, 3.05) is 7.11 Å². The molecule has 0 spiro atoms. The fraction of sp³-hybridized carbons (Fsp3) is 0.167. The molecule has 1 aliphatic rings. The smallest absolute Gasteiger partial charge is 0.338 e. The van der Waals surface area contributed by atoms with Crippen LogP contribution in [0, 0.1) is 5.82 Å². The third kappa shape index (κ3) is 3.39. The van der Waals surface area contributed by atoms with Crippen molar-refractivity contribution >= 4 is 23.4 Å². The van der Waals surface area contributed by atoms with E-state index in [4.69, 9.17) is 16.3 Å². The first-order valence-corrected chi connectivity index (χ1v) is 7.89. The van der Waals surface area contributed by atoms with Crippen molar-refractivity contribution in [2.45, 2.75) is 13.0 Å². The molecule has 1 aromatic heterocycles. The predicted octanol–water partition coefficient (Wildman–Crippen LogP) is 3.41. The molecule has 128 valence electrons. The Morgan fingerprint density at radius 3 is 2.64 bits per heavy atom. The Bertz CT molecular complexity index is 878. The van der Waals surface area contributed by atoms with Crippen LogP contribution in [-0.2, 0) is 9.53 Å². The highest BCUT2D eigenvalue weighted by Crippen LogP contribution is 2.32. The molecule has 0 saturated heterocycles. The zero-order valence-corrected chi connectivity index (χ0v) is 14.3. The van der Waals surface area contributed by atoms with Gasteiger partial charge in [-0.25, -0.2) is 14.2 Å². The van der Waals surface area contributed by atoms with Gasteiger partial charge in [-0.05, 0) is 36.8 Å². The second kappa shape index (κ2) is 7.03. The summed E-state index contributed by atoms with van der Waals surface area (Å²) < 4.78 is 19.0. The van der Waals surface area contributed by atoms with E-state index >= 15 is 0 Å². The Hall–Kier alpha value is -2.73. The van der Waals surface area contributed by atoms with Crippen molar-refractivity contribution in [2.24, 2.45) is 4.99 Å². The van der Waals surface area contributed by atoms with Gasteiger partial charge < -0.3 is 10.1 Å². The maximum absolute atomic E-state index is 14.1. The van der Waals surface area contributed by atoms with E-state index in [0.717, 1.165) is 5.56 Å². The molecule has 2 heterocycles. The Balaban J connectivity index is 2.12. The van der Waals surface area contributed by atoms with Crippen LogP contribution >= 0.6 is 11.6 Å². The fourth-order valence-electron chi connectivity index (χ4n) is 2.62. The molecular formula is C18H15ClFN3O2. The summed E-state index contributed by atoms with van der Waals surface area (Å²) in [6.45, 7) is 1.71. The second-order valence-corrected chi connectivity index (χ2v) is 5.86. The van der Waals surface area contributed by atoms with Gasteiger partial charge in [0, 0.05) is 16.9 Å². The predicted molar refractivity (Wildman–Crippen MR) is 92.8 cm³/mol. The molecule has 0 aliphatic carbocycles. The molecule has 1 atom stereocenters. The monoisotopic (exact) mass is 359 g/mol. The van der Waals surface area contributed by atoms with Crippen molar-refractivity contribution < 1.29 is 13.9 Å². The highest BCUT2D eigenvalue weighted by Gasteiger charge is 2.31. The Morgan fingerprint density at radius 1 is 1.28 bits per heavy atom. The molecule has 1 aromatic carbocycles. The van der Waals surface area contributed by atoms with Crippen LogP contribution in [0.15, 0.2) is 58.9 Å². The van der Waals surface area contributed by atoms with Gasteiger partial charge in [-0.15, -0.1) is 0 Å². The lowest BCUT2D eigenvalue weighted by molar-refractivity contribution is -0.136. The number of carbonyl (C=O) groups is 1. The van der Waals surface area contributed by atoms with Gasteiger partial charge in [0.15, 0.2) is 11.7 Å². The first kappa shape index (κ1) is 17.1. The number of rotatable bonds is 3. The van der Waals surface area contributed by atoms with E-state index in [1.807, 2.05) is 0 Å². The highest BCUT2D eigenvalue weighted by molar-refractivity contribution is 6.30. The number of aliphatic imine (C=N–C) groups is 1. The minimum Gasteiger partial charge on any atom is -0.466 e. The zero-order valence-electron chi connectivity index (χ0n) is 13.6. The summed E-state index contributed by atoms with van der Waals surface area (Å²) in [4.78, 5) is 20.8. The number of esters is 1. The van der Waals surface area contributed by atoms with Crippen LogP contribution in [0.4, 0.5) is 4.39 Å². The number of methoxy groups -OCH3 is 1. The number of hydrogen-bond acceptors (Lipinski definition) is 5. The average molecular weight is 360 g/mol. The molecule has 0 saturated carbocycles. The lowest BCUT2D eigenvalue weighted by atomic mass is 9.96. The molecule has 0 amide bonds. The Morgan fingerprint density at radius 2 is 2.00 bits per heavy atom. The minimum atomic E-state index is -0.651. The number of nitrogens with zero attached hydrogens (tertiary/aromatic N) is 2. The van der Waals surface area contributed by atoms with E-state index in [9.17, 15) is 9.18 Å². The van der Waals surface area contributed by atoms with Crippen molar-refractivity contribution in [1.82, 2.24) is 10.3 Å². The van der Waals surface area contributed by atoms with Crippen LogP contribution in [0.5, 0.6) is 0 Å². The summed E-state index contributed by atoms with van der Waals surface area (Å²) in [5, 5.41) is 3.52. The molecule has 0 bridgehead atoms. The number of aromatic nitrogens is 1. The SMILES string of the molecule is COC(=O)C1=C(C)NC(c2ncccc2F)=NC1c1ccc(Cl)cc1. The second-order valence-electron chi connectivity index (χ2n) is 5.42. The Kier molecular flexibility index (Phi) is 4.81. The normalized spacial score (nSPS) is 17.0. The number of benzene rings is 1. The first-order valence-electron chi connectivity index (χ1n) is 7.51. The van der Waals surface area contributed by atoms with E-state index in [2.05, 4.69) is 15.3 Å². The number of hydrogen-bond donors (Lipinski definition) is 1. The third-order valence-electron chi connectivity index (χ3n) is 3.82. The minimum absolute atomic E-state index is 0.0877. The van der Waals surface area contributed by atoms with Gasteiger partial charge in [-0.3, -0.25) is 4.99 Å². The molecular weight excluding hydrogens is 345 g/mol. The van der Waals surface area contributed by atoms with E-state index in [-0.39, 0.29) is 11.5 Å². The third-order valence-corrected chi connectivity index (χ3v) is 4.07. The Labute approximate surface area is 149 Å². The van der Waals surface area contributed by atoms with Gasteiger partial charge >= 0.3 is 5.97 Å². The average Bonchev–Trinajstić information content (AvgIpc) is 2.61. The molecule has 1 N–H and O–H groups in total. The molecule has 1 unspecified atom stereocenters. The van der Waals surface area contributed by atoms with E-state index in [0.29, 0.717) is 16.3 Å². The van der Waals surface area contributed by atoms with Crippen LogP contribution < -0.4 is 5.32 Å². The van der Waals surface area contributed by atoms with Crippen molar-refractivity contribution in [3.05, 3.63) is 76.0 Å². The summed E-state index contributed by atoms with van der Waals surface area (Å²) >= 11 is 5.94. The van der Waals surface area contributed by atoms with Gasteiger partial charge in [0.2, 0.25) is 0 Å². The molecule has 0 radical (unpaired) electrons. The van der Waals surface area contributed by atoms with Gasteiger partial charge in [0.1, 0.15) is 11.7 Å². The summed E-state index contributed by atoms with van der Waals surface area (Å²) in [5.41, 5.74) is 1.70. The molecule has 0 fully saturated rings. The largest absolute Gasteiger partial charge is 0.466 e. The number of ether oxygens (including phenoxy) is 1. The molecule has 25 heavy (non-hydrogen) atoms. The van der Waals surface area contributed by atoms with Crippen molar-refractivity contribution in [1.29, 1.82) is 0 Å². The standard InChI is InChI=1S/C18H15ClFN3O2/c1-10-14(18(24)25-2)15(11-5-7-12(19)8-6-11)23-17(22-10)16-13(20)4-3-9-21-16/h3-9,15H,1-2H3,(H,22,23). The van der Waals surface area contributed by atoms with Gasteiger partial charge in [0.25, 0.3) is 0 Å². The number of pyridine rings is 1. The highest BCUT2D eigenvalue weighted by atomic mass is 35.5.